The van der Waals surface area contributed by atoms with Crippen LogP contribution >= 0.6 is 0 Å². The third-order valence-corrected chi connectivity index (χ3v) is 3.97. The summed E-state index contributed by atoms with van der Waals surface area (Å²) in [5.74, 6) is 0.247. The predicted molar refractivity (Wildman–Crippen MR) is 87.6 cm³/mol. The summed E-state index contributed by atoms with van der Waals surface area (Å²) in [6, 6.07) is 10.9. The number of carbonyl (C=O) groups excluding carboxylic acids is 1. The molecule has 21 heavy (non-hydrogen) atoms. The quantitative estimate of drug-likeness (QED) is 0.707. The van der Waals surface area contributed by atoms with Gasteiger partial charge in [-0.2, -0.15) is 0 Å². The maximum atomic E-state index is 12.0. The smallest absolute Gasteiger partial charge is 0.236 e. The van der Waals surface area contributed by atoms with Gasteiger partial charge in [0.05, 0.1) is 6.54 Å². The normalized spacial score (nSPS) is 14.0. The summed E-state index contributed by atoms with van der Waals surface area (Å²) in [6.45, 7) is 5.24. The molecule has 2 rings (SSSR count). The molecular formula is C17H27N3O. The Kier molecular flexibility index (Phi) is 6.05. The van der Waals surface area contributed by atoms with E-state index in [1.165, 1.54) is 18.5 Å². The molecule has 0 bridgehead atoms. The van der Waals surface area contributed by atoms with Gasteiger partial charge in [-0.05, 0) is 44.9 Å². The summed E-state index contributed by atoms with van der Waals surface area (Å²) >= 11 is 0. The van der Waals surface area contributed by atoms with Gasteiger partial charge in [0.1, 0.15) is 0 Å². The molecule has 0 spiro atoms. The van der Waals surface area contributed by atoms with E-state index in [0.717, 1.165) is 26.1 Å². The van der Waals surface area contributed by atoms with Gasteiger partial charge in [-0.1, -0.05) is 18.2 Å². The van der Waals surface area contributed by atoms with Gasteiger partial charge in [0.15, 0.2) is 0 Å². The molecule has 0 heterocycles. The Labute approximate surface area is 128 Å². The van der Waals surface area contributed by atoms with Gasteiger partial charge >= 0.3 is 0 Å². The van der Waals surface area contributed by atoms with E-state index in [9.17, 15) is 4.79 Å². The van der Waals surface area contributed by atoms with Gasteiger partial charge in [0.2, 0.25) is 5.91 Å². The zero-order chi connectivity index (χ0) is 15.1. The SMILES string of the molecule is CCN(C(=O)CNCCCN(C)c1ccccc1)C1CC1. The number of nitrogens with zero attached hydrogens (tertiary/aromatic N) is 2. The third kappa shape index (κ3) is 5.05. The van der Waals surface area contributed by atoms with Crippen LogP contribution in [0, 0.1) is 0 Å². The molecule has 1 N–H and O–H groups in total. The first-order valence-electron chi connectivity index (χ1n) is 7.98. The average molecular weight is 289 g/mol. The van der Waals surface area contributed by atoms with Crippen molar-refractivity contribution in [3.8, 4) is 0 Å². The van der Waals surface area contributed by atoms with E-state index in [1.807, 2.05) is 11.0 Å². The minimum Gasteiger partial charge on any atom is -0.375 e. The van der Waals surface area contributed by atoms with Crippen LogP contribution < -0.4 is 10.2 Å². The first-order valence-corrected chi connectivity index (χ1v) is 7.98. The Morgan fingerprint density at radius 3 is 2.62 bits per heavy atom. The van der Waals surface area contributed by atoms with Crippen molar-refractivity contribution in [1.82, 2.24) is 10.2 Å². The molecule has 0 radical (unpaired) electrons. The largest absolute Gasteiger partial charge is 0.375 e. The molecule has 0 atom stereocenters. The van der Waals surface area contributed by atoms with Gasteiger partial charge in [-0.15, -0.1) is 0 Å². The highest BCUT2D eigenvalue weighted by Crippen LogP contribution is 2.26. The van der Waals surface area contributed by atoms with Crippen LogP contribution in [-0.2, 0) is 4.79 Å². The molecule has 1 aromatic carbocycles. The molecule has 1 aromatic rings. The fraction of sp³-hybridized carbons (Fsp3) is 0.588. The lowest BCUT2D eigenvalue weighted by Crippen LogP contribution is -2.40. The Morgan fingerprint density at radius 1 is 1.29 bits per heavy atom. The summed E-state index contributed by atoms with van der Waals surface area (Å²) in [6.07, 6.45) is 3.40. The summed E-state index contributed by atoms with van der Waals surface area (Å²) < 4.78 is 0. The average Bonchev–Trinajstić information content (AvgIpc) is 3.33. The van der Waals surface area contributed by atoms with Crippen LogP contribution in [0.15, 0.2) is 30.3 Å². The van der Waals surface area contributed by atoms with E-state index < -0.39 is 0 Å². The Bertz CT molecular complexity index is 431. The Hall–Kier alpha value is -1.55. The summed E-state index contributed by atoms with van der Waals surface area (Å²) in [4.78, 5) is 16.3. The van der Waals surface area contributed by atoms with Crippen molar-refractivity contribution in [1.29, 1.82) is 0 Å². The fourth-order valence-corrected chi connectivity index (χ4v) is 2.57. The number of anilines is 1. The van der Waals surface area contributed by atoms with Crippen LogP contribution in [0.25, 0.3) is 0 Å². The van der Waals surface area contributed by atoms with Crippen molar-refractivity contribution < 1.29 is 4.79 Å². The molecule has 116 valence electrons. The zero-order valence-electron chi connectivity index (χ0n) is 13.2. The van der Waals surface area contributed by atoms with Crippen molar-refractivity contribution in [3.63, 3.8) is 0 Å². The highest BCUT2D eigenvalue weighted by atomic mass is 16.2. The highest BCUT2D eigenvalue weighted by Gasteiger charge is 2.30. The second-order valence-corrected chi connectivity index (χ2v) is 5.70. The van der Waals surface area contributed by atoms with Gasteiger partial charge in [-0.25, -0.2) is 0 Å². The molecule has 0 unspecified atom stereocenters. The number of carbonyl (C=O) groups is 1. The van der Waals surface area contributed by atoms with Crippen molar-refractivity contribution in [3.05, 3.63) is 30.3 Å². The fourth-order valence-electron chi connectivity index (χ4n) is 2.57. The summed E-state index contributed by atoms with van der Waals surface area (Å²) in [5, 5.41) is 3.27. The highest BCUT2D eigenvalue weighted by molar-refractivity contribution is 5.78. The first kappa shape index (κ1) is 15.8. The Balaban J connectivity index is 1.58. The number of benzene rings is 1. The van der Waals surface area contributed by atoms with E-state index in [4.69, 9.17) is 0 Å². The number of para-hydroxylation sites is 1. The molecule has 1 saturated carbocycles. The molecule has 1 amide bonds. The maximum absolute atomic E-state index is 12.0. The van der Waals surface area contributed by atoms with Crippen molar-refractivity contribution in [2.24, 2.45) is 0 Å². The topological polar surface area (TPSA) is 35.6 Å². The van der Waals surface area contributed by atoms with Gasteiger partial charge in [0, 0.05) is 31.9 Å². The van der Waals surface area contributed by atoms with Gasteiger partial charge in [0.25, 0.3) is 0 Å². The van der Waals surface area contributed by atoms with Crippen LogP contribution in [-0.4, -0.2) is 50.1 Å². The minimum atomic E-state index is 0.247. The van der Waals surface area contributed by atoms with Gasteiger partial charge in [-0.3, -0.25) is 4.79 Å². The molecule has 1 aliphatic carbocycles. The standard InChI is InChI=1S/C17H27N3O/c1-3-20(16-10-11-16)17(21)14-18-12-7-13-19(2)15-8-5-4-6-9-15/h4-6,8-9,16,18H,3,7,10-14H2,1-2H3. The van der Waals surface area contributed by atoms with Crippen LogP contribution in [0.5, 0.6) is 0 Å². The lowest BCUT2D eigenvalue weighted by molar-refractivity contribution is -0.130. The van der Waals surface area contributed by atoms with Crippen molar-refractivity contribution >= 4 is 11.6 Å². The first-order chi connectivity index (χ1) is 10.2. The third-order valence-electron chi connectivity index (χ3n) is 3.97. The van der Waals surface area contributed by atoms with E-state index in [-0.39, 0.29) is 5.91 Å². The lowest BCUT2D eigenvalue weighted by Gasteiger charge is -2.21. The van der Waals surface area contributed by atoms with Crippen molar-refractivity contribution in [2.45, 2.75) is 32.2 Å². The second-order valence-electron chi connectivity index (χ2n) is 5.70. The number of hydrogen-bond acceptors (Lipinski definition) is 3. The zero-order valence-corrected chi connectivity index (χ0v) is 13.2. The second kappa shape index (κ2) is 8.03. The number of rotatable bonds is 9. The van der Waals surface area contributed by atoms with Crippen LogP contribution in [0.4, 0.5) is 5.69 Å². The number of amides is 1. The van der Waals surface area contributed by atoms with E-state index in [1.54, 1.807) is 0 Å². The van der Waals surface area contributed by atoms with Crippen LogP contribution in [0.1, 0.15) is 26.2 Å². The van der Waals surface area contributed by atoms with E-state index in [2.05, 4.69) is 48.5 Å². The lowest BCUT2D eigenvalue weighted by atomic mass is 10.3. The summed E-state index contributed by atoms with van der Waals surface area (Å²) in [5.41, 5.74) is 1.24. The summed E-state index contributed by atoms with van der Waals surface area (Å²) in [7, 11) is 2.10. The van der Waals surface area contributed by atoms with Crippen LogP contribution in [0.2, 0.25) is 0 Å². The predicted octanol–water partition coefficient (Wildman–Crippen LogP) is 2.11. The molecule has 4 nitrogen and oxygen atoms in total. The monoisotopic (exact) mass is 289 g/mol. The minimum absolute atomic E-state index is 0.247. The van der Waals surface area contributed by atoms with Gasteiger partial charge < -0.3 is 15.1 Å². The molecule has 4 heteroatoms. The number of hydrogen-bond donors (Lipinski definition) is 1. The molecule has 0 aromatic heterocycles. The van der Waals surface area contributed by atoms with Crippen LogP contribution in [0.3, 0.4) is 0 Å². The number of nitrogens with one attached hydrogen (secondary N) is 1. The Morgan fingerprint density at radius 2 is 2.00 bits per heavy atom. The van der Waals surface area contributed by atoms with E-state index >= 15 is 0 Å². The van der Waals surface area contributed by atoms with E-state index in [0.29, 0.717) is 12.6 Å². The number of likely N-dealkylation sites (N-methyl/N-ethyl adjacent to an activating group) is 1. The maximum Gasteiger partial charge on any atom is 0.236 e. The molecule has 0 aliphatic heterocycles. The molecule has 1 aliphatic rings. The van der Waals surface area contributed by atoms with Crippen molar-refractivity contribution in [2.75, 3.05) is 38.1 Å². The molecular weight excluding hydrogens is 262 g/mol. The molecule has 1 fully saturated rings. The molecule has 0 saturated heterocycles.